The van der Waals surface area contributed by atoms with E-state index in [1.807, 2.05) is 36.4 Å². The average molecular weight is 420 g/mol. The third-order valence-corrected chi connectivity index (χ3v) is 5.21. The van der Waals surface area contributed by atoms with Crippen molar-refractivity contribution in [3.8, 4) is 5.69 Å². The van der Waals surface area contributed by atoms with E-state index < -0.39 is 17.5 Å². The summed E-state index contributed by atoms with van der Waals surface area (Å²) in [6.07, 6.45) is 1.46. The fourth-order valence-electron chi connectivity index (χ4n) is 3.45. The topological polar surface area (TPSA) is 84.0 Å². The molecule has 2 N–H and O–H groups in total. The van der Waals surface area contributed by atoms with Crippen LogP contribution in [0.4, 0.5) is 0 Å². The van der Waals surface area contributed by atoms with E-state index in [1.54, 1.807) is 31.2 Å². The Morgan fingerprint density at radius 2 is 1.80 bits per heavy atom. The van der Waals surface area contributed by atoms with Gasteiger partial charge in [0, 0.05) is 17.6 Å². The number of halogens is 1. The zero-order valence-corrected chi connectivity index (χ0v) is 16.8. The SMILES string of the molecule is C[C@H](NC(=O)c1ccc[nH]c1=O)c1cc2cccc(Cl)c2c(=O)n1-c1ccccc1. The van der Waals surface area contributed by atoms with Crippen LogP contribution in [-0.4, -0.2) is 15.5 Å². The Morgan fingerprint density at radius 1 is 1.03 bits per heavy atom. The number of nitrogens with zero attached hydrogens (tertiary/aromatic N) is 1. The van der Waals surface area contributed by atoms with Gasteiger partial charge in [0.05, 0.1) is 16.5 Å². The lowest BCUT2D eigenvalue weighted by atomic mass is 10.1. The van der Waals surface area contributed by atoms with Crippen molar-refractivity contribution in [2.45, 2.75) is 13.0 Å². The Labute approximate surface area is 176 Å². The van der Waals surface area contributed by atoms with Gasteiger partial charge in [-0.1, -0.05) is 41.9 Å². The first kappa shape index (κ1) is 19.7. The molecule has 0 spiro atoms. The number of rotatable bonds is 4. The Bertz CT molecular complexity index is 1360. The van der Waals surface area contributed by atoms with Crippen LogP contribution < -0.4 is 16.4 Å². The van der Waals surface area contributed by atoms with E-state index >= 15 is 0 Å². The van der Waals surface area contributed by atoms with Gasteiger partial charge >= 0.3 is 0 Å². The molecule has 0 aliphatic carbocycles. The van der Waals surface area contributed by atoms with Gasteiger partial charge in [-0.3, -0.25) is 19.0 Å². The van der Waals surface area contributed by atoms with Gasteiger partial charge in [0.2, 0.25) is 0 Å². The van der Waals surface area contributed by atoms with Gasteiger partial charge < -0.3 is 10.3 Å². The second-order valence-electron chi connectivity index (χ2n) is 6.86. The molecule has 2 heterocycles. The molecule has 0 bridgehead atoms. The minimum atomic E-state index is -0.562. The van der Waals surface area contributed by atoms with Crippen molar-refractivity contribution >= 4 is 28.3 Å². The van der Waals surface area contributed by atoms with Crippen molar-refractivity contribution in [1.29, 1.82) is 0 Å². The van der Waals surface area contributed by atoms with Crippen LogP contribution in [0, 0.1) is 0 Å². The molecule has 4 rings (SSSR count). The molecule has 6 nitrogen and oxygen atoms in total. The van der Waals surface area contributed by atoms with E-state index in [4.69, 9.17) is 11.6 Å². The number of H-pyrrole nitrogens is 1. The number of carbonyl (C=O) groups is 1. The maximum Gasteiger partial charge on any atom is 0.264 e. The molecule has 150 valence electrons. The molecule has 0 unspecified atom stereocenters. The van der Waals surface area contributed by atoms with Crippen LogP contribution in [0.5, 0.6) is 0 Å². The lowest BCUT2D eigenvalue weighted by Gasteiger charge is -2.21. The van der Waals surface area contributed by atoms with Gasteiger partial charge in [-0.2, -0.15) is 0 Å². The zero-order chi connectivity index (χ0) is 21.3. The van der Waals surface area contributed by atoms with E-state index in [-0.39, 0.29) is 11.1 Å². The highest BCUT2D eigenvalue weighted by Crippen LogP contribution is 2.25. The predicted octanol–water partition coefficient (Wildman–Crippen LogP) is 3.82. The summed E-state index contributed by atoms with van der Waals surface area (Å²) in [5.41, 5.74) is 0.465. The van der Waals surface area contributed by atoms with Crippen LogP contribution in [0.15, 0.2) is 82.5 Å². The second kappa shape index (κ2) is 8.00. The van der Waals surface area contributed by atoms with Gasteiger partial charge in [-0.25, -0.2) is 0 Å². The Morgan fingerprint density at radius 3 is 2.53 bits per heavy atom. The average Bonchev–Trinajstić information content (AvgIpc) is 2.74. The highest BCUT2D eigenvalue weighted by Gasteiger charge is 2.20. The number of para-hydroxylation sites is 1. The fraction of sp³-hybridized carbons (Fsp3) is 0.0870. The molecule has 0 fully saturated rings. The van der Waals surface area contributed by atoms with E-state index in [9.17, 15) is 14.4 Å². The lowest BCUT2D eigenvalue weighted by molar-refractivity contribution is 0.0937. The number of aromatic nitrogens is 2. The van der Waals surface area contributed by atoms with E-state index in [0.717, 1.165) is 0 Å². The van der Waals surface area contributed by atoms with Crippen LogP contribution in [0.2, 0.25) is 5.02 Å². The van der Waals surface area contributed by atoms with Crippen molar-refractivity contribution in [2.24, 2.45) is 0 Å². The minimum Gasteiger partial charge on any atom is -0.344 e. The minimum absolute atomic E-state index is 0.00166. The summed E-state index contributed by atoms with van der Waals surface area (Å²) in [6, 6.07) is 18.7. The first-order valence-electron chi connectivity index (χ1n) is 9.35. The number of hydrogen-bond donors (Lipinski definition) is 2. The van der Waals surface area contributed by atoms with Crippen molar-refractivity contribution in [2.75, 3.05) is 0 Å². The molecule has 1 atom stereocenters. The van der Waals surface area contributed by atoms with E-state index in [1.165, 1.54) is 16.8 Å². The molecule has 30 heavy (non-hydrogen) atoms. The van der Waals surface area contributed by atoms with Crippen LogP contribution in [0.25, 0.3) is 16.5 Å². The van der Waals surface area contributed by atoms with Crippen molar-refractivity contribution in [3.05, 3.63) is 110 Å². The summed E-state index contributed by atoms with van der Waals surface area (Å²) in [4.78, 5) is 40.5. The summed E-state index contributed by atoms with van der Waals surface area (Å²) >= 11 is 6.31. The van der Waals surface area contributed by atoms with E-state index in [0.29, 0.717) is 27.2 Å². The number of amides is 1. The third-order valence-electron chi connectivity index (χ3n) is 4.89. The lowest BCUT2D eigenvalue weighted by Crippen LogP contribution is -2.34. The molecule has 0 radical (unpaired) electrons. The second-order valence-corrected chi connectivity index (χ2v) is 7.26. The number of nitrogens with one attached hydrogen (secondary N) is 2. The summed E-state index contributed by atoms with van der Waals surface area (Å²) in [5, 5.41) is 4.26. The number of aromatic amines is 1. The monoisotopic (exact) mass is 419 g/mol. The molecular weight excluding hydrogens is 402 g/mol. The predicted molar refractivity (Wildman–Crippen MR) is 117 cm³/mol. The van der Waals surface area contributed by atoms with Crippen molar-refractivity contribution in [3.63, 3.8) is 0 Å². The number of fused-ring (bicyclic) bond motifs is 1. The molecule has 0 saturated carbocycles. The van der Waals surface area contributed by atoms with Gasteiger partial charge in [0.15, 0.2) is 0 Å². The highest BCUT2D eigenvalue weighted by molar-refractivity contribution is 6.35. The van der Waals surface area contributed by atoms with Crippen LogP contribution >= 0.6 is 11.6 Å². The standard InChI is InChI=1S/C23H18ClN3O3/c1-14(26-22(29)17-10-6-12-25-21(17)28)19-13-15-7-5-11-18(24)20(15)23(30)27(19)16-8-3-2-4-9-16/h2-14H,1H3,(H,25,28)(H,26,29)/t14-/m0/s1. The van der Waals surface area contributed by atoms with Crippen LogP contribution in [-0.2, 0) is 0 Å². The van der Waals surface area contributed by atoms with Gasteiger partial charge in [-0.15, -0.1) is 0 Å². The third kappa shape index (κ3) is 3.53. The van der Waals surface area contributed by atoms with Gasteiger partial charge in [0.1, 0.15) is 5.56 Å². The number of pyridine rings is 2. The summed E-state index contributed by atoms with van der Waals surface area (Å²) in [7, 11) is 0. The molecule has 1 amide bonds. The molecule has 4 aromatic rings. The van der Waals surface area contributed by atoms with Gasteiger partial charge in [0.25, 0.3) is 17.0 Å². The quantitative estimate of drug-likeness (QED) is 0.527. The maximum atomic E-state index is 13.4. The zero-order valence-electron chi connectivity index (χ0n) is 16.1. The molecular formula is C23H18ClN3O3. The first-order valence-corrected chi connectivity index (χ1v) is 9.73. The fourth-order valence-corrected chi connectivity index (χ4v) is 3.71. The molecule has 7 heteroatoms. The maximum absolute atomic E-state index is 13.4. The molecule has 2 aromatic heterocycles. The normalized spacial score (nSPS) is 11.9. The summed E-state index contributed by atoms with van der Waals surface area (Å²) in [6.45, 7) is 1.76. The van der Waals surface area contributed by atoms with Crippen molar-refractivity contribution < 1.29 is 4.79 Å². The Kier molecular flexibility index (Phi) is 5.25. The number of benzene rings is 2. The Balaban J connectivity index is 1.87. The number of hydrogen-bond acceptors (Lipinski definition) is 3. The van der Waals surface area contributed by atoms with Gasteiger partial charge in [-0.05, 0) is 48.7 Å². The highest BCUT2D eigenvalue weighted by atomic mass is 35.5. The van der Waals surface area contributed by atoms with E-state index in [2.05, 4.69) is 10.3 Å². The van der Waals surface area contributed by atoms with Crippen LogP contribution in [0.3, 0.4) is 0 Å². The summed E-state index contributed by atoms with van der Waals surface area (Å²) < 4.78 is 1.54. The summed E-state index contributed by atoms with van der Waals surface area (Å²) in [5.74, 6) is -0.525. The van der Waals surface area contributed by atoms with Crippen molar-refractivity contribution in [1.82, 2.24) is 14.9 Å². The Hall–Kier alpha value is -3.64. The molecule has 0 saturated heterocycles. The van der Waals surface area contributed by atoms with Crippen LogP contribution in [0.1, 0.15) is 29.0 Å². The molecule has 0 aliphatic heterocycles. The number of carbonyl (C=O) groups excluding carboxylic acids is 1. The first-order chi connectivity index (χ1) is 14.5. The molecule has 0 aliphatic rings. The largest absolute Gasteiger partial charge is 0.344 e. The smallest absolute Gasteiger partial charge is 0.264 e. The molecule has 2 aromatic carbocycles.